The molecule has 1 heterocycles. The predicted molar refractivity (Wildman–Crippen MR) is 85.6 cm³/mol. The second-order valence-corrected chi connectivity index (χ2v) is 5.06. The van der Waals surface area contributed by atoms with Gasteiger partial charge in [-0.15, -0.1) is 0 Å². The van der Waals surface area contributed by atoms with Crippen LogP contribution in [0, 0.1) is 18.8 Å². The van der Waals surface area contributed by atoms with E-state index in [-0.39, 0.29) is 12.3 Å². The van der Waals surface area contributed by atoms with Crippen LogP contribution in [-0.2, 0) is 9.53 Å². The van der Waals surface area contributed by atoms with Crippen molar-refractivity contribution in [2.45, 2.75) is 19.0 Å². The van der Waals surface area contributed by atoms with Gasteiger partial charge in [-0.2, -0.15) is 0 Å². The average Bonchev–Trinajstić information content (AvgIpc) is 3.01. The first-order valence-corrected chi connectivity index (χ1v) is 7.10. The van der Waals surface area contributed by atoms with Crippen molar-refractivity contribution >= 4 is 11.9 Å². The summed E-state index contributed by atoms with van der Waals surface area (Å²) >= 11 is 0. The summed E-state index contributed by atoms with van der Waals surface area (Å²) in [5.74, 6) is 3.91. The molecule has 0 spiro atoms. The Morgan fingerprint density at radius 3 is 2.67 bits per heavy atom. The van der Waals surface area contributed by atoms with E-state index in [2.05, 4.69) is 26.9 Å². The Morgan fingerprint density at radius 2 is 2.08 bits per heavy atom. The number of amides is 1. The van der Waals surface area contributed by atoms with Crippen molar-refractivity contribution in [3.63, 3.8) is 0 Å². The highest BCUT2D eigenvalue weighted by Gasteiger charge is 2.37. The van der Waals surface area contributed by atoms with Crippen LogP contribution in [0.5, 0.6) is 0 Å². The number of ether oxygens (including phenoxy) is 1. The van der Waals surface area contributed by atoms with E-state index >= 15 is 0 Å². The molecule has 0 bridgehead atoms. The van der Waals surface area contributed by atoms with Gasteiger partial charge in [0.05, 0.1) is 19.2 Å². The Hall–Kier alpha value is -3.11. The molecule has 1 aromatic carbocycles. The number of rotatable bonds is 4. The van der Waals surface area contributed by atoms with Crippen molar-refractivity contribution in [3.05, 3.63) is 53.7 Å². The van der Waals surface area contributed by atoms with Gasteiger partial charge in [0.2, 0.25) is 0 Å². The van der Waals surface area contributed by atoms with Gasteiger partial charge in [0.15, 0.2) is 5.66 Å². The molecule has 0 aliphatic carbocycles. The third kappa shape index (κ3) is 4.21. The van der Waals surface area contributed by atoms with Crippen LogP contribution in [-0.4, -0.2) is 29.6 Å². The Kier molecular flexibility index (Phi) is 5.35. The molecule has 1 aromatic heterocycles. The van der Waals surface area contributed by atoms with Crippen LogP contribution in [0.3, 0.4) is 0 Å². The Balaban J connectivity index is 2.15. The fourth-order valence-electron chi connectivity index (χ4n) is 1.87. The van der Waals surface area contributed by atoms with Crippen LogP contribution in [0.2, 0.25) is 0 Å². The second kappa shape index (κ2) is 7.44. The van der Waals surface area contributed by atoms with Gasteiger partial charge in [0.25, 0.3) is 5.89 Å². The van der Waals surface area contributed by atoms with Gasteiger partial charge >= 0.3 is 11.9 Å². The lowest BCUT2D eigenvalue weighted by atomic mass is 10.1. The molecule has 2 aromatic rings. The van der Waals surface area contributed by atoms with E-state index in [0.717, 1.165) is 5.56 Å². The third-order valence-electron chi connectivity index (χ3n) is 3.07. The number of nitrogens with zero attached hydrogens (tertiary/aromatic N) is 1. The first kappa shape index (κ1) is 17.2. The molecule has 0 aliphatic rings. The molecule has 0 fully saturated rings. The zero-order valence-corrected chi connectivity index (χ0v) is 13.3. The lowest BCUT2D eigenvalue weighted by Gasteiger charge is -2.24. The molecule has 3 N–H and O–H groups in total. The standard InChI is InChI=1S/C17H17N3O4/c1-12-11-24-15(19-12)14(21)20-17(18,16(22)23-2)10-6-9-13-7-4-3-5-8-13/h3-5,7-8,11H,10,18H2,1-2H3,(H,20,21). The van der Waals surface area contributed by atoms with Crippen molar-refractivity contribution < 1.29 is 18.7 Å². The monoisotopic (exact) mass is 327 g/mol. The lowest BCUT2D eigenvalue weighted by molar-refractivity contribution is -0.147. The van der Waals surface area contributed by atoms with Gasteiger partial charge in [0.1, 0.15) is 6.26 Å². The largest absolute Gasteiger partial charge is 0.466 e. The Labute approximate surface area is 139 Å². The number of oxazole rings is 1. The highest BCUT2D eigenvalue weighted by Crippen LogP contribution is 2.08. The van der Waals surface area contributed by atoms with Gasteiger partial charge in [0, 0.05) is 5.56 Å². The average molecular weight is 327 g/mol. The van der Waals surface area contributed by atoms with E-state index in [4.69, 9.17) is 10.2 Å². The normalized spacial score (nSPS) is 12.5. The zero-order valence-electron chi connectivity index (χ0n) is 13.3. The number of carbonyl (C=O) groups excluding carboxylic acids is 2. The molecule has 0 saturated carbocycles. The molecular weight excluding hydrogens is 310 g/mol. The van der Waals surface area contributed by atoms with E-state index < -0.39 is 17.5 Å². The Bertz CT molecular complexity index is 789. The topological polar surface area (TPSA) is 107 Å². The minimum atomic E-state index is -1.81. The number of nitrogens with two attached hydrogens (primary N) is 1. The SMILES string of the molecule is COC(=O)C(N)(CC#Cc1ccccc1)NC(=O)c1nc(C)co1. The number of aromatic nitrogens is 1. The number of nitrogens with one attached hydrogen (secondary N) is 1. The minimum Gasteiger partial charge on any atom is -0.466 e. The number of carbonyl (C=O) groups is 2. The molecule has 7 nitrogen and oxygen atoms in total. The highest BCUT2D eigenvalue weighted by molar-refractivity contribution is 5.94. The van der Waals surface area contributed by atoms with Gasteiger partial charge in [-0.3, -0.25) is 10.5 Å². The van der Waals surface area contributed by atoms with E-state index in [1.54, 1.807) is 6.92 Å². The molecule has 1 atom stereocenters. The van der Waals surface area contributed by atoms with Gasteiger partial charge in [-0.1, -0.05) is 30.0 Å². The molecule has 24 heavy (non-hydrogen) atoms. The predicted octanol–water partition coefficient (Wildman–Crippen LogP) is 0.983. The van der Waals surface area contributed by atoms with Gasteiger partial charge in [-0.05, 0) is 19.1 Å². The fraction of sp³-hybridized carbons (Fsp3) is 0.235. The Morgan fingerprint density at radius 1 is 1.38 bits per heavy atom. The number of hydrogen-bond donors (Lipinski definition) is 2. The molecule has 0 aliphatic heterocycles. The summed E-state index contributed by atoms with van der Waals surface area (Å²) in [6.07, 6.45) is 1.18. The molecule has 7 heteroatoms. The summed E-state index contributed by atoms with van der Waals surface area (Å²) in [6.45, 7) is 1.67. The summed E-state index contributed by atoms with van der Waals surface area (Å²) in [7, 11) is 1.18. The highest BCUT2D eigenvalue weighted by atomic mass is 16.5. The quantitative estimate of drug-likeness (QED) is 0.492. The number of esters is 1. The van der Waals surface area contributed by atoms with E-state index in [1.165, 1.54) is 13.4 Å². The number of methoxy groups -OCH3 is 1. The molecular formula is C17H17N3O4. The maximum absolute atomic E-state index is 12.1. The van der Waals surface area contributed by atoms with Crippen LogP contribution in [0.25, 0.3) is 0 Å². The number of benzene rings is 1. The molecule has 2 rings (SSSR count). The summed E-state index contributed by atoms with van der Waals surface area (Å²) in [6, 6.07) is 9.18. The molecule has 0 radical (unpaired) electrons. The summed E-state index contributed by atoms with van der Waals surface area (Å²) < 4.78 is 9.65. The van der Waals surface area contributed by atoms with Crippen LogP contribution < -0.4 is 11.1 Å². The lowest BCUT2D eigenvalue weighted by Crippen LogP contribution is -2.61. The van der Waals surface area contributed by atoms with Crippen molar-refractivity contribution in [3.8, 4) is 11.8 Å². The van der Waals surface area contributed by atoms with Gasteiger partial charge < -0.3 is 14.5 Å². The molecule has 1 amide bonds. The molecule has 0 saturated heterocycles. The van der Waals surface area contributed by atoms with Crippen LogP contribution in [0.1, 0.15) is 28.4 Å². The maximum Gasteiger partial charge on any atom is 0.347 e. The van der Waals surface area contributed by atoms with Crippen LogP contribution in [0.15, 0.2) is 41.0 Å². The van der Waals surface area contributed by atoms with Crippen molar-refractivity contribution in [1.29, 1.82) is 0 Å². The van der Waals surface area contributed by atoms with Crippen molar-refractivity contribution in [2.75, 3.05) is 7.11 Å². The van der Waals surface area contributed by atoms with Gasteiger partial charge in [-0.25, -0.2) is 9.78 Å². The summed E-state index contributed by atoms with van der Waals surface area (Å²) in [5.41, 5.74) is 5.47. The van der Waals surface area contributed by atoms with E-state index in [9.17, 15) is 9.59 Å². The number of aryl methyl sites for hydroxylation is 1. The smallest absolute Gasteiger partial charge is 0.347 e. The minimum absolute atomic E-state index is 0.139. The summed E-state index contributed by atoms with van der Waals surface area (Å²) in [5, 5.41) is 2.37. The fourth-order valence-corrected chi connectivity index (χ4v) is 1.87. The molecule has 124 valence electrons. The summed E-state index contributed by atoms with van der Waals surface area (Å²) in [4.78, 5) is 28.0. The van der Waals surface area contributed by atoms with Crippen LogP contribution >= 0.6 is 0 Å². The van der Waals surface area contributed by atoms with Crippen molar-refractivity contribution in [2.24, 2.45) is 5.73 Å². The first-order valence-electron chi connectivity index (χ1n) is 7.10. The van der Waals surface area contributed by atoms with E-state index in [1.807, 2.05) is 30.3 Å². The third-order valence-corrected chi connectivity index (χ3v) is 3.07. The molecule has 1 unspecified atom stereocenters. The van der Waals surface area contributed by atoms with Crippen molar-refractivity contribution in [1.82, 2.24) is 10.3 Å². The van der Waals surface area contributed by atoms with E-state index in [0.29, 0.717) is 5.69 Å². The maximum atomic E-state index is 12.1. The second-order valence-electron chi connectivity index (χ2n) is 5.06. The number of hydrogen-bond acceptors (Lipinski definition) is 6. The van der Waals surface area contributed by atoms with Crippen LogP contribution in [0.4, 0.5) is 0 Å². The zero-order chi connectivity index (χ0) is 17.6. The first-order chi connectivity index (χ1) is 11.4.